The van der Waals surface area contributed by atoms with Gasteiger partial charge in [-0.15, -0.1) is 11.8 Å². The van der Waals surface area contributed by atoms with E-state index in [1.54, 1.807) is 18.9 Å². The van der Waals surface area contributed by atoms with Gasteiger partial charge in [-0.2, -0.15) is 0 Å². The number of sulfone groups is 1. The standard InChI is InChI=1S/C16H23NO4S2/c1-4-21-15-7-11(5-6-14(15)20-2)13(10-23(3,18)19)16-8-12(17)9-22-16/h5-7,9,13,16H,4,8,10,17H2,1-3H3/t13?,16-/m0/s1. The van der Waals surface area contributed by atoms with Crippen LogP contribution in [0.25, 0.3) is 0 Å². The third kappa shape index (κ3) is 4.81. The van der Waals surface area contributed by atoms with Gasteiger partial charge in [0.1, 0.15) is 9.84 Å². The van der Waals surface area contributed by atoms with Crippen LogP contribution in [0.4, 0.5) is 0 Å². The molecule has 1 aromatic rings. The van der Waals surface area contributed by atoms with Crippen molar-refractivity contribution < 1.29 is 17.9 Å². The lowest BCUT2D eigenvalue weighted by atomic mass is 9.94. The van der Waals surface area contributed by atoms with Gasteiger partial charge in [0.05, 0.1) is 19.5 Å². The molecule has 2 atom stereocenters. The molecule has 0 spiro atoms. The van der Waals surface area contributed by atoms with Gasteiger partial charge in [-0.3, -0.25) is 0 Å². The van der Waals surface area contributed by atoms with E-state index >= 15 is 0 Å². The maximum atomic E-state index is 11.9. The first-order valence-electron chi connectivity index (χ1n) is 7.42. The molecular weight excluding hydrogens is 334 g/mol. The molecule has 2 N–H and O–H groups in total. The van der Waals surface area contributed by atoms with Gasteiger partial charge in [0.2, 0.25) is 0 Å². The Kier molecular flexibility index (Phi) is 5.86. The third-order valence-corrected chi connectivity index (χ3v) is 5.93. The lowest BCUT2D eigenvalue weighted by Crippen LogP contribution is -2.23. The Hall–Kier alpha value is -1.34. The van der Waals surface area contributed by atoms with Crippen LogP contribution in [0.2, 0.25) is 0 Å². The molecule has 1 unspecified atom stereocenters. The van der Waals surface area contributed by atoms with Crippen LogP contribution < -0.4 is 15.2 Å². The van der Waals surface area contributed by atoms with Gasteiger partial charge in [0.25, 0.3) is 0 Å². The first kappa shape index (κ1) is 18.0. The average molecular weight is 357 g/mol. The summed E-state index contributed by atoms with van der Waals surface area (Å²) in [5.41, 5.74) is 7.61. The van der Waals surface area contributed by atoms with Crippen LogP contribution in [0, 0.1) is 0 Å². The summed E-state index contributed by atoms with van der Waals surface area (Å²) in [6, 6.07) is 5.62. The normalized spacial score (nSPS) is 19.3. The highest BCUT2D eigenvalue weighted by Crippen LogP contribution is 2.41. The molecule has 5 nitrogen and oxygen atoms in total. The molecule has 0 bridgehead atoms. The van der Waals surface area contributed by atoms with E-state index in [2.05, 4.69) is 0 Å². The number of hydrogen-bond donors (Lipinski definition) is 1. The first-order chi connectivity index (χ1) is 10.8. The number of nitrogens with two attached hydrogens (primary N) is 1. The second kappa shape index (κ2) is 7.49. The third-order valence-electron chi connectivity index (χ3n) is 3.68. The molecule has 1 heterocycles. The monoisotopic (exact) mass is 357 g/mol. The van der Waals surface area contributed by atoms with Gasteiger partial charge in [0, 0.05) is 29.5 Å². The smallest absolute Gasteiger partial charge is 0.161 e. The molecular formula is C16H23NO4S2. The Bertz CT molecular complexity index is 685. The molecule has 128 valence electrons. The van der Waals surface area contributed by atoms with Crippen molar-refractivity contribution in [3.63, 3.8) is 0 Å². The molecule has 0 aliphatic carbocycles. The Balaban J connectivity index is 2.36. The quantitative estimate of drug-likeness (QED) is 0.808. The minimum atomic E-state index is -3.12. The second-order valence-corrected chi connectivity index (χ2v) is 8.91. The largest absolute Gasteiger partial charge is 0.493 e. The number of allylic oxidation sites excluding steroid dienone is 1. The van der Waals surface area contributed by atoms with E-state index in [4.69, 9.17) is 15.2 Å². The molecule has 0 saturated carbocycles. The number of benzene rings is 1. The summed E-state index contributed by atoms with van der Waals surface area (Å²) in [4.78, 5) is 0. The number of ether oxygens (including phenoxy) is 2. The maximum Gasteiger partial charge on any atom is 0.161 e. The maximum absolute atomic E-state index is 11.9. The minimum Gasteiger partial charge on any atom is -0.493 e. The van der Waals surface area contributed by atoms with E-state index in [0.717, 1.165) is 11.3 Å². The van der Waals surface area contributed by atoms with Gasteiger partial charge >= 0.3 is 0 Å². The number of hydrogen-bond acceptors (Lipinski definition) is 6. The van der Waals surface area contributed by atoms with Gasteiger partial charge in [-0.25, -0.2) is 8.42 Å². The molecule has 2 rings (SSSR count). The van der Waals surface area contributed by atoms with Crippen molar-refractivity contribution in [1.82, 2.24) is 0 Å². The van der Waals surface area contributed by atoms with E-state index in [0.29, 0.717) is 24.5 Å². The molecule has 7 heteroatoms. The lowest BCUT2D eigenvalue weighted by Gasteiger charge is -2.24. The average Bonchev–Trinajstić information content (AvgIpc) is 2.90. The fraction of sp³-hybridized carbons (Fsp3) is 0.500. The van der Waals surface area contributed by atoms with Gasteiger partial charge in [-0.05, 0) is 30.0 Å². The summed E-state index contributed by atoms with van der Waals surface area (Å²) in [7, 11) is -1.53. The van der Waals surface area contributed by atoms with Crippen LogP contribution in [0.3, 0.4) is 0 Å². The molecule has 1 aliphatic heterocycles. The Morgan fingerprint density at radius 2 is 2.13 bits per heavy atom. The predicted octanol–water partition coefficient (Wildman–Crippen LogP) is 2.53. The van der Waals surface area contributed by atoms with Crippen molar-refractivity contribution >= 4 is 21.6 Å². The van der Waals surface area contributed by atoms with E-state index in [1.165, 1.54) is 6.26 Å². The summed E-state index contributed by atoms with van der Waals surface area (Å²) < 4.78 is 34.7. The van der Waals surface area contributed by atoms with Crippen molar-refractivity contribution in [2.45, 2.75) is 24.5 Å². The van der Waals surface area contributed by atoms with Crippen molar-refractivity contribution in [2.24, 2.45) is 5.73 Å². The van der Waals surface area contributed by atoms with Crippen molar-refractivity contribution in [3.8, 4) is 11.5 Å². The van der Waals surface area contributed by atoms with Crippen LogP contribution in [-0.4, -0.2) is 39.4 Å². The summed E-state index contributed by atoms with van der Waals surface area (Å²) in [6.45, 7) is 2.42. The van der Waals surface area contributed by atoms with Crippen molar-refractivity contribution in [3.05, 3.63) is 34.9 Å². The summed E-state index contributed by atoms with van der Waals surface area (Å²) in [6.07, 6.45) is 1.96. The Morgan fingerprint density at radius 3 is 2.65 bits per heavy atom. The van der Waals surface area contributed by atoms with Crippen LogP contribution in [-0.2, 0) is 9.84 Å². The van der Waals surface area contributed by atoms with Crippen molar-refractivity contribution in [2.75, 3.05) is 25.7 Å². The first-order valence-corrected chi connectivity index (χ1v) is 10.4. The number of methoxy groups -OCH3 is 1. The Morgan fingerprint density at radius 1 is 1.39 bits per heavy atom. The SMILES string of the molecule is CCOc1cc(C(CS(C)(=O)=O)[C@@H]2CC(N)=CS2)ccc1OC. The molecule has 23 heavy (non-hydrogen) atoms. The predicted molar refractivity (Wildman–Crippen MR) is 94.9 cm³/mol. The fourth-order valence-corrected chi connectivity index (χ4v) is 5.05. The van der Waals surface area contributed by atoms with E-state index in [9.17, 15) is 8.42 Å². The summed E-state index contributed by atoms with van der Waals surface area (Å²) in [5, 5.41) is 2.03. The van der Waals surface area contributed by atoms with Gasteiger partial charge in [0.15, 0.2) is 11.5 Å². The molecule has 0 saturated heterocycles. The summed E-state index contributed by atoms with van der Waals surface area (Å²) >= 11 is 1.60. The molecule has 1 aliphatic rings. The highest BCUT2D eigenvalue weighted by atomic mass is 32.2. The molecule has 0 radical (unpaired) electrons. The zero-order chi connectivity index (χ0) is 17.0. The van der Waals surface area contributed by atoms with Crippen LogP contribution >= 0.6 is 11.8 Å². The molecule has 0 amide bonds. The van der Waals surface area contributed by atoms with E-state index in [-0.39, 0.29) is 16.9 Å². The zero-order valence-corrected chi connectivity index (χ0v) is 15.2. The fourth-order valence-electron chi connectivity index (χ4n) is 2.68. The van der Waals surface area contributed by atoms with E-state index in [1.807, 2.05) is 30.5 Å². The van der Waals surface area contributed by atoms with Crippen LogP contribution in [0.5, 0.6) is 11.5 Å². The minimum absolute atomic E-state index is 0.0870. The highest BCUT2D eigenvalue weighted by Gasteiger charge is 2.30. The lowest BCUT2D eigenvalue weighted by molar-refractivity contribution is 0.310. The number of rotatable bonds is 7. The van der Waals surface area contributed by atoms with Crippen LogP contribution in [0.15, 0.2) is 29.3 Å². The van der Waals surface area contributed by atoms with Crippen molar-refractivity contribution in [1.29, 1.82) is 0 Å². The topological polar surface area (TPSA) is 78.6 Å². The molecule has 0 aromatic heterocycles. The molecule has 1 aromatic carbocycles. The van der Waals surface area contributed by atoms with Gasteiger partial charge in [-0.1, -0.05) is 6.07 Å². The molecule has 0 fully saturated rings. The van der Waals surface area contributed by atoms with Crippen LogP contribution in [0.1, 0.15) is 24.8 Å². The second-order valence-electron chi connectivity index (χ2n) is 5.61. The number of thioether (sulfide) groups is 1. The highest BCUT2D eigenvalue weighted by molar-refractivity contribution is 8.03. The Labute approximate surface area is 142 Å². The van der Waals surface area contributed by atoms with Gasteiger partial charge < -0.3 is 15.2 Å². The zero-order valence-electron chi connectivity index (χ0n) is 13.6. The summed E-state index contributed by atoms with van der Waals surface area (Å²) in [5.74, 6) is 1.22. The van der Waals surface area contributed by atoms with E-state index < -0.39 is 9.84 Å².